The fourth-order valence-electron chi connectivity index (χ4n) is 1.07. The third-order valence-corrected chi connectivity index (χ3v) is 1.90. The first kappa shape index (κ1) is 10.3. The van der Waals surface area contributed by atoms with Crippen LogP contribution in [0.2, 0.25) is 0 Å². The van der Waals surface area contributed by atoms with Crippen LogP contribution in [0.4, 0.5) is 0 Å². The van der Waals surface area contributed by atoms with Crippen LogP contribution in [-0.4, -0.2) is 11.2 Å². The van der Waals surface area contributed by atoms with E-state index >= 15 is 0 Å². The van der Waals surface area contributed by atoms with Crippen molar-refractivity contribution in [2.45, 2.75) is 27.0 Å². The summed E-state index contributed by atoms with van der Waals surface area (Å²) in [7, 11) is 2.00. The molecular weight excluding hydrogens is 164 g/mol. The van der Waals surface area contributed by atoms with Gasteiger partial charge in [-0.05, 0) is 12.3 Å². The Hall–Kier alpha value is -0.830. The Bertz CT molecular complexity index is 243. The fourth-order valence-corrected chi connectivity index (χ4v) is 1.07. The molecule has 0 N–H and O–H groups in total. The van der Waals surface area contributed by atoms with Gasteiger partial charge in [-0.25, -0.2) is 9.13 Å². The number of nitrogens with zero attached hydrogens (tertiary/aromatic N) is 2. The Balaban J connectivity index is 2.13. The minimum atomic E-state index is 0.660. The summed E-state index contributed by atoms with van der Waals surface area (Å²) in [6.07, 6.45) is 7.16. The smallest absolute Gasteiger partial charge is 0.245 e. The average molecular weight is 183 g/mol. The molecule has 0 radical (unpaired) electrons. The van der Waals surface area contributed by atoms with E-state index in [1.807, 2.05) is 34.9 Å². The third kappa shape index (κ3) is 4.08. The Morgan fingerprint density at radius 1 is 1.46 bits per heavy atom. The summed E-state index contributed by atoms with van der Waals surface area (Å²) >= 11 is 0. The maximum absolute atomic E-state index is 5.49. The van der Waals surface area contributed by atoms with Crippen molar-refractivity contribution in [3.8, 4) is 0 Å². The monoisotopic (exact) mass is 183 g/mol. The summed E-state index contributed by atoms with van der Waals surface area (Å²) in [4.78, 5) is 0. The normalized spacial score (nSPS) is 11.1. The van der Waals surface area contributed by atoms with E-state index in [0.717, 1.165) is 18.9 Å². The van der Waals surface area contributed by atoms with Crippen LogP contribution in [0.5, 0.6) is 0 Å². The zero-order chi connectivity index (χ0) is 9.68. The van der Waals surface area contributed by atoms with Crippen LogP contribution >= 0.6 is 0 Å². The molecule has 0 aliphatic heterocycles. The summed E-state index contributed by atoms with van der Waals surface area (Å²) < 4.78 is 9.53. The van der Waals surface area contributed by atoms with Gasteiger partial charge in [-0.15, -0.1) is 0 Å². The lowest BCUT2D eigenvalue weighted by Gasteiger charge is -2.03. The highest BCUT2D eigenvalue weighted by atomic mass is 16.5. The Morgan fingerprint density at radius 2 is 2.23 bits per heavy atom. The van der Waals surface area contributed by atoms with Gasteiger partial charge in [0.2, 0.25) is 6.33 Å². The van der Waals surface area contributed by atoms with E-state index < -0.39 is 0 Å². The predicted molar refractivity (Wildman–Crippen MR) is 51.0 cm³/mol. The van der Waals surface area contributed by atoms with Crippen LogP contribution in [0, 0.1) is 5.92 Å². The molecule has 1 aromatic heterocycles. The summed E-state index contributed by atoms with van der Waals surface area (Å²) in [6, 6.07) is 0. The number of ether oxygens (including phenoxy) is 1. The van der Waals surface area contributed by atoms with E-state index in [1.54, 1.807) is 0 Å². The van der Waals surface area contributed by atoms with Crippen molar-refractivity contribution in [1.82, 2.24) is 4.57 Å². The fraction of sp³-hybridized carbons (Fsp3) is 0.700. The van der Waals surface area contributed by atoms with Crippen LogP contribution in [-0.2, 0) is 18.5 Å². The maximum atomic E-state index is 5.49. The standard InChI is InChI=1S/C10H19N2O/c1-10(2)4-7-13-9-12-6-5-11(3)8-12/h5-6,8,10H,4,7,9H2,1-3H3/q+1. The number of aryl methyl sites for hydroxylation is 1. The molecule has 0 spiro atoms. The number of rotatable bonds is 5. The molecule has 0 aromatic carbocycles. The van der Waals surface area contributed by atoms with Gasteiger partial charge in [0.25, 0.3) is 0 Å². The first-order chi connectivity index (χ1) is 6.18. The molecule has 0 aliphatic rings. The zero-order valence-corrected chi connectivity index (χ0v) is 8.73. The first-order valence-electron chi connectivity index (χ1n) is 4.77. The first-order valence-corrected chi connectivity index (χ1v) is 4.77. The summed E-state index contributed by atoms with van der Waals surface area (Å²) in [5.74, 6) is 0.723. The topological polar surface area (TPSA) is 18.0 Å². The van der Waals surface area contributed by atoms with Crippen LogP contribution < -0.4 is 4.57 Å². The van der Waals surface area contributed by atoms with Crippen LogP contribution in [0.25, 0.3) is 0 Å². The van der Waals surface area contributed by atoms with Crippen molar-refractivity contribution in [2.75, 3.05) is 6.61 Å². The molecule has 1 aromatic rings. The van der Waals surface area contributed by atoms with Gasteiger partial charge in [0.15, 0.2) is 6.73 Å². The molecule has 3 heteroatoms. The van der Waals surface area contributed by atoms with E-state index in [4.69, 9.17) is 4.74 Å². The van der Waals surface area contributed by atoms with Crippen LogP contribution in [0.15, 0.2) is 18.7 Å². The highest BCUT2D eigenvalue weighted by Gasteiger charge is 1.99. The molecule has 0 bridgehead atoms. The Labute approximate surface area is 79.9 Å². The molecule has 74 valence electrons. The molecule has 0 saturated heterocycles. The number of hydrogen-bond acceptors (Lipinski definition) is 1. The van der Waals surface area contributed by atoms with Gasteiger partial charge >= 0.3 is 0 Å². The van der Waals surface area contributed by atoms with Gasteiger partial charge in [-0.2, -0.15) is 0 Å². The number of aromatic nitrogens is 2. The van der Waals surface area contributed by atoms with Gasteiger partial charge in [0.05, 0.1) is 13.7 Å². The predicted octanol–water partition coefficient (Wildman–Crippen LogP) is 1.33. The van der Waals surface area contributed by atoms with Crippen molar-refractivity contribution >= 4 is 0 Å². The second kappa shape index (κ2) is 5.02. The molecule has 0 unspecified atom stereocenters. The Kier molecular flexibility index (Phi) is 3.96. The SMILES string of the molecule is CC(C)CCOCn1cc[n+](C)c1. The molecule has 0 aliphatic carbocycles. The van der Waals surface area contributed by atoms with Gasteiger partial charge < -0.3 is 4.74 Å². The lowest BCUT2D eigenvalue weighted by atomic mass is 10.1. The van der Waals surface area contributed by atoms with Crippen molar-refractivity contribution in [2.24, 2.45) is 13.0 Å². The van der Waals surface area contributed by atoms with E-state index in [-0.39, 0.29) is 0 Å². The van der Waals surface area contributed by atoms with Crippen molar-refractivity contribution < 1.29 is 9.30 Å². The quantitative estimate of drug-likeness (QED) is 0.497. The van der Waals surface area contributed by atoms with Gasteiger partial charge in [-0.3, -0.25) is 0 Å². The number of hydrogen-bond donors (Lipinski definition) is 0. The molecule has 0 atom stereocenters. The zero-order valence-electron chi connectivity index (χ0n) is 8.73. The lowest BCUT2D eigenvalue weighted by Crippen LogP contribution is -2.23. The van der Waals surface area contributed by atoms with Gasteiger partial charge in [0, 0.05) is 0 Å². The molecule has 0 fully saturated rings. The van der Waals surface area contributed by atoms with Crippen LogP contribution in [0.3, 0.4) is 0 Å². The third-order valence-electron chi connectivity index (χ3n) is 1.90. The lowest BCUT2D eigenvalue weighted by molar-refractivity contribution is -0.671. The molecule has 0 saturated carbocycles. The molecule has 13 heavy (non-hydrogen) atoms. The van der Waals surface area contributed by atoms with Crippen LogP contribution in [0.1, 0.15) is 20.3 Å². The van der Waals surface area contributed by atoms with Gasteiger partial charge in [-0.1, -0.05) is 13.8 Å². The second-order valence-electron chi connectivity index (χ2n) is 3.81. The minimum Gasteiger partial charge on any atom is -0.342 e. The van der Waals surface area contributed by atoms with Crippen molar-refractivity contribution in [1.29, 1.82) is 0 Å². The molecule has 3 nitrogen and oxygen atoms in total. The molecule has 1 rings (SSSR count). The summed E-state index contributed by atoms with van der Waals surface area (Å²) in [6.45, 7) is 5.92. The maximum Gasteiger partial charge on any atom is 0.245 e. The average Bonchev–Trinajstić information content (AvgIpc) is 2.45. The Morgan fingerprint density at radius 3 is 2.77 bits per heavy atom. The summed E-state index contributed by atoms with van der Waals surface area (Å²) in [5, 5.41) is 0. The van der Waals surface area contributed by atoms with Crippen molar-refractivity contribution in [3.05, 3.63) is 18.7 Å². The minimum absolute atomic E-state index is 0.660. The molecular formula is C10H19N2O+. The van der Waals surface area contributed by atoms with Gasteiger partial charge in [0.1, 0.15) is 12.4 Å². The summed E-state index contributed by atoms with van der Waals surface area (Å²) in [5.41, 5.74) is 0. The highest BCUT2D eigenvalue weighted by molar-refractivity contribution is 4.63. The van der Waals surface area contributed by atoms with E-state index in [1.165, 1.54) is 0 Å². The van der Waals surface area contributed by atoms with E-state index in [9.17, 15) is 0 Å². The molecule has 1 heterocycles. The molecule has 0 amide bonds. The highest BCUT2D eigenvalue weighted by Crippen LogP contribution is 1.99. The number of imidazole rings is 1. The largest absolute Gasteiger partial charge is 0.342 e. The van der Waals surface area contributed by atoms with E-state index in [2.05, 4.69) is 13.8 Å². The van der Waals surface area contributed by atoms with E-state index in [0.29, 0.717) is 6.73 Å². The van der Waals surface area contributed by atoms with Crippen molar-refractivity contribution in [3.63, 3.8) is 0 Å². The second-order valence-corrected chi connectivity index (χ2v) is 3.81.